The monoisotopic (exact) mass is 498 g/mol. The average Bonchev–Trinajstić information content (AvgIpc) is 3.29. The molecule has 2 aromatic carbocycles. The standard InChI is InChI=1S/C28H36Cl2N4/c1-16(17-14-19-21(31(2)3)10-12-23(33(6)7)25(19)27(17)29)18-15-20-22(32(4)5)11-13-24(34(8)9)26(20)28(18)30/h10-16,27-28H,1-9H3. The summed E-state index contributed by atoms with van der Waals surface area (Å²) in [5, 5.41) is -0.394. The molecule has 4 rings (SSSR count). The number of halogens is 2. The highest BCUT2D eigenvalue weighted by molar-refractivity contribution is 6.26. The molecule has 0 bridgehead atoms. The largest absolute Gasteiger partial charge is 0.377 e. The predicted molar refractivity (Wildman–Crippen MR) is 152 cm³/mol. The molecule has 0 radical (unpaired) electrons. The summed E-state index contributed by atoms with van der Waals surface area (Å²) in [4.78, 5) is 8.62. The fourth-order valence-electron chi connectivity index (χ4n) is 5.32. The van der Waals surface area contributed by atoms with Gasteiger partial charge in [-0.2, -0.15) is 0 Å². The smallest absolute Gasteiger partial charge is 0.0831 e. The number of hydrogen-bond donors (Lipinski definition) is 0. The minimum Gasteiger partial charge on any atom is -0.377 e. The Balaban J connectivity index is 1.81. The highest BCUT2D eigenvalue weighted by atomic mass is 35.5. The average molecular weight is 500 g/mol. The zero-order valence-electron chi connectivity index (χ0n) is 21.7. The number of fused-ring (bicyclic) bond motifs is 2. The second-order valence-corrected chi connectivity index (χ2v) is 11.0. The van der Waals surface area contributed by atoms with E-state index in [9.17, 15) is 0 Å². The van der Waals surface area contributed by atoms with E-state index in [1.165, 1.54) is 44.8 Å². The number of hydrogen-bond acceptors (Lipinski definition) is 4. The third-order valence-electron chi connectivity index (χ3n) is 7.12. The van der Waals surface area contributed by atoms with Crippen molar-refractivity contribution in [3.63, 3.8) is 0 Å². The van der Waals surface area contributed by atoms with Gasteiger partial charge in [0.25, 0.3) is 0 Å². The first kappa shape index (κ1) is 24.8. The van der Waals surface area contributed by atoms with E-state index in [1.54, 1.807) is 0 Å². The van der Waals surface area contributed by atoms with Gasteiger partial charge in [-0.1, -0.05) is 19.1 Å². The van der Waals surface area contributed by atoms with Gasteiger partial charge in [0.05, 0.1) is 10.8 Å². The summed E-state index contributed by atoms with van der Waals surface area (Å²) >= 11 is 14.5. The quantitative estimate of drug-likeness (QED) is 0.413. The van der Waals surface area contributed by atoms with Crippen LogP contribution < -0.4 is 19.6 Å². The molecule has 0 N–H and O–H groups in total. The van der Waals surface area contributed by atoms with E-state index < -0.39 is 0 Å². The number of alkyl halides is 2. The van der Waals surface area contributed by atoms with E-state index in [1.807, 2.05) is 0 Å². The molecule has 2 aromatic rings. The molecule has 182 valence electrons. The fraction of sp³-hybridized carbons (Fsp3) is 0.429. The topological polar surface area (TPSA) is 13.0 Å². The van der Waals surface area contributed by atoms with Gasteiger partial charge >= 0.3 is 0 Å². The van der Waals surface area contributed by atoms with E-state index in [-0.39, 0.29) is 16.7 Å². The molecule has 0 fully saturated rings. The van der Waals surface area contributed by atoms with Crippen LogP contribution in [-0.2, 0) is 0 Å². The van der Waals surface area contributed by atoms with Gasteiger partial charge in [0.2, 0.25) is 0 Å². The van der Waals surface area contributed by atoms with Gasteiger partial charge in [-0.15, -0.1) is 23.2 Å². The van der Waals surface area contributed by atoms with Crippen molar-refractivity contribution in [2.45, 2.75) is 17.7 Å². The third-order valence-corrected chi connectivity index (χ3v) is 8.06. The lowest BCUT2D eigenvalue weighted by Gasteiger charge is -2.26. The summed E-state index contributed by atoms with van der Waals surface area (Å²) in [5.41, 5.74) is 11.9. The molecule has 6 heteroatoms. The minimum absolute atomic E-state index is 0.111. The molecule has 2 aliphatic rings. The van der Waals surface area contributed by atoms with Gasteiger partial charge in [0, 0.05) is 107 Å². The van der Waals surface area contributed by atoms with Crippen LogP contribution in [0.1, 0.15) is 39.9 Å². The van der Waals surface area contributed by atoms with Crippen LogP contribution in [0.5, 0.6) is 0 Å². The van der Waals surface area contributed by atoms with Crippen molar-refractivity contribution in [2.24, 2.45) is 5.92 Å². The molecule has 2 atom stereocenters. The zero-order chi connectivity index (χ0) is 25.1. The van der Waals surface area contributed by atoms with Crippen molar-refractivity contribution in [1.29, 1.82) is 0 Å². The van der Waals surface area contributed by atoms with Crippen molar-refractivity contribution >= 4 is 58.1 Å². The van der Waals surface area contributed by atoms with Crippen molar-refractivity contribution < 1.29 is 0 Å². The summed E-state index contributed by atoms with van der Waals surface area (Å²) in [6.45, 7) is 2.25. The molecule has 0 heterocycles. The summed E-state index contributed by atoms with van der Waals surface area (Å²) in [6, 6.07) is 8.72. The van der Waals surface area contributed by atoms with E-state index in [2.05, 4.69) is 119 Å². The highest BCUT2D eigenvalue weighted by Gasteiger charge is 2.38. The second kappa shape index (κ2) is 9.05. The van der Waals surface area contributed by atoms with Crippen LogP contribution in [0.4, 0.5) is 22.7 Å². The molecule has 0 aromatic heterocycles. The zero-order valence-corrected chi connectivity index (χ0v) is 23.3. The van der Waals surface area contributed by atoms with E-state index in [0.29, 0.717) is 0 Å². The summed E-state index contributed by atoms with van der Waals surface area (Å²) in [7, 11) is 16.6. The van der Waals surface area contributed by atoms with Crippen molar-refractivity contribution in [2.75, 3.05) is 76.0 Å². The third kappa shape index (κ3) is 3.85. The Labute approximate surface area is 215 Å². The first-order valence-electron chi connectivity index (χ1n) is 11.7. The fourth-order valence-corrected chi connectivity index (χ4v) is 6.28. The maximum Gasteiger partial charge on any atom is 0.0831 e. The van der Waals surface area contributed by atoms with Gasteiger partial charge in [0.15, 0.2) is 0 Å². The maximum atomic E-state index is 7.23. The van der Waals surface area contributed by atoms with Crippen LogP contribution in [0.15, 0.2) is 35.4 Å². The molecule has 0 amide bonds. The number of benzene rings is 2. The van der Waals surface area contributed by atoms with Crippen LogP contribution in [0.25, 0.3) is 12.2 Å². The molecule has 0 aliphatic heterocycles. The van der Waals surface area contributed by atoms with Crippen LogP contribution in [0.2, 0.25) is 0 Å². The Kier molecular flexibility index (Phi) is 6.61. The molecule has 2 aliphatic carbocycles. The Morgan fingerprint density at radius 1 is 0.559 bits per heavy atom. The Bertz CT molecular complexity index is 1090. The Morgan fingerprint density at radius 2 is 0.853 bits per heavy atom. The number of rotatable bonds is 6. The van der Waals surface area contributed by atoms with Crippen molar-refractivity contribution in [3.05, 3.63) is 57.7 Å². The van der Waals surface area contributed by atoms with Crippen molar-refractivity contribution in [1.82, 2.24) is 0 Å². The Hall–Kier alpha value is -2.30. The first-order valence-corrected chi connectivity index (χ1v) is 12.6. The number of nitrogens with zero attached hydrogens (tertiary/aromatic N) is 4. The highest BCUT2D eigenvalue weighted by Crippen LogP contribution is 2.55. The molecular weight excluding hydrogens is 463 g/mol. The lowest BCUT2D eigenvalue weighted by Crippen LogP contribution is -2.16. The lowest BCUT2D eigenvalue weighted by molar-refractivity contribution is 0.753. The molecule has 2 unspecified atom stereocenters. The van der Waals surface area contributed by atoms with Gasteiger partial charge < -0.3 is 19.6 Å². The van der Waals surface area contributed by atoms with Crippen LogP contribution in [0, 0.1) is 5.92 Å². The molecule has 0 saturated heterocycles. The van der Waals surface area contributed by atoms with Gasteiger partial charge in [-0.3, -0.25) is 0 Å². The molecule has 4 nitrogen and oxygen atoms in total. The molecule has 0 spiro atoms. The molecule has 34 heavy (non-hydrogen) atoms. The molecular formula is C28H36Cl2N4. The summed E-state index contributed by atoms with van der Waals surface area (Å²) < 4.78 is 0. The van der Waals surface area contributed by atoms with Crippen LogP contribution in [0.3, 0.4) is 0 Å². The second-order valence-electron chi connectivity index (χ2n) is 10.2. The normalized spacial score (nSPS) is 19.3. The Morgan fingerprint density at radius 3 is 1.15 bits per heavy atom. The lowest BCUT2D eigenvalue weighted by atomic mass is 9.89. The maximum absolute atomic E-state index is 7.23. The van der Waals surface area contributed by atoms with E-state index in [4.69, 9.17) is 23.2 Å². The van der Waals surface area contributed by atoms with Crippen LogP contribution >= 0.6 is 23.2 Å². The molecule has 0 saturated carbocycles. The summed E-state index contributed by atoms with van der Waals surface area (Å²) in [6.07, 6.45) is 4.60. The first-order chi connectivity index (χ1) is 16.0. The van der Waals surface area contributed by atoms with Crippen molar-refractivity contribution in [3.8, 4) is 0 Å². The number of allylic oxidation sites excluding steroid dienone is 2. The van der Waals surface area contributed by atoms with E-state index >= 15 is 0 Å². The summed E-state index contributed by atoms with van der Waals surface area (Å²) in [5.74, 6) is 0.111. The van der Waals surface area contributed by atoms with Gasteiger partial charge in [-0.25, -0.2) is 0 Å². The van der Waals surface area contributed by atoms with Gasteiger partial charge in [-0.05, 0) is 35.4 Å². The van der Waals surface area contributed by atoms with Crippen LogP contribution in [-0.4, -0.2) is 56.4 Å². The predicted octanol–water partition coefficient (Wildman–Crippen LogP) is 6.64. The van der Waals surface area contributed by atoms with E-state index in [0.717, 1.165) is 11.4 Å². The van der Waals surface area contributed by atoms with Gasteiger partial charge in [0.1, 0.15) is 0 Å². The number of anilines is 4. The SMILES string of the molecule is CC(C1=Cc2c(N(C)C)ccc(N(C)C)c2C1Cl)C1=Cc2c(N(C)C)ccc(N(C)C)c2C1Cl. The minimum atomic E-state index is -0.197.